The van der Waals surface area contributed by atoms with E-state index in [9.17, 15) is 14.4 Å². The van der Waals surface area contributed by atoms with Gasteiger partial charge in [-0.3, -0.25) is 19.5 Å². The highest BCUT2D eigenvalue weighted by Crippen LogP contribution is 2.32. The van der Waals surface area contributed by atoms with Gasteiger partial charge >= 0.3 is 0 Å². The fourth-order valence-corrected chi connectivity index (χ4v) is 4.83. The summed E-state index contributed by atoms with van der Waals surface area (Å²) in [6.07, 6.45) is 5.21. The summed E-state index contributed by atoms with van der Waals surface area (Å²) in [6.45, 7) is 7.29. The van der Waals surface area contributed by atoms with Crippen LogP contribution in [0.1, 0.15) is 75.9 Å². The number of carbonyl (C=O) groups is 2. The molecule has 0 aliphatic carbocycles. The van der Waals surface area contributed by atoms with Crippen molar-refractivity contribution in [1.29, 1.82) is 0 Å². The van der Waals surface area contributed by atoms with Crippen LogP contribution in [-0.2, 0) is 22.6 Å². The van der Waals surface area contributed by atoms with Crippen LogP contribution in [0.4, 0.5) is 0 Å². The second-order valence-corrected chi connectivity index (χ2v) is 8.49. The number of hydrogen-bond donors (Lipinski definition) is 1. The van der Waals surface area contributed by atoms with Gasteiger partial charge in [-0.1, -0.05) is 13.8 Å². The predicted molar refractivity (Wildman–Crippen MR) is 113 cm³/mol. The van der Waals surface area contributed by atoms with Gasteiger partial charge in [0, 0.05) is 38.4 Å². The topological polar surface area (TPSA) is 90.8 Å². The Balaban J connectivity index is 1.71. The number of nitrogens with one attached hydrogen (secondary N) is 1. The van der Waals surface area contributed by atoms with E-state index in [-0.39, 0.29) is 29.3 Å². The van der Waals surface area contributed by atoms with Crippen molar-refractivity contribution in [3.8, 4) is 0 Å². The third-order valence-corrected chi connectivity index (χ3v) is 6.71. The first-order chi connectivity index (χ1) is 14.4. The van der Waals surface area contributed by atoms with Crippen molar-refractivity contribution in [3.63, 3.8) is 0 Å². The quantitative estimate of drug-likeness (QED) is 0.833. The lowest BCUT2D eigenvalue weighted by Gasteiger charge is -2.37. The van der Waals surface area contributed by atoms with Crippen molar-refractivity contribution >= 4 is 17.5 Å². The maximum atomic E-state index is 13.1. The van der Waals surface area contributed by atoms with Crippen molar-refractivity contribution in [1.82, 2.24) is 24.4 Å². The number of piperidine rings is 1. The SMILES string of the molecule is CCC(CC)C(=O)N1CCCC[C@H]1c1cc2nc3c(c(=O)n2[nH]1)CN(C(C)=O)CC3. The first-order valence-corrected chi connectivity index (χ1v) is 11.1. The monoisotopic (exact) mass is 413 g/mol. The van der Waals surface area contributed by atoms with Crippen LogP contribution in [0.15, 0.2) is 10.9 Å². The minimum atomic E-state index is -0.152. The number of aromatic nitrogens is 3. The predicted octanol–water partition coefficient (Wildman–Crippen LogP) is 2.42. The lowest BCUT2D eigenvalue weighted by Crippen LogP contribution is -2.42. The molecule has 0 radical (unpaired) electrons. The van der Waals surface area contributed by atoms with Crippen LogP contribution in [0.2, 0.25) is 0 Å². The Labute approximate surface area is 176 Å². The van der Waals surface area contributed by atoms with Crippen molar-refractivity contribution in [3.05, 3.63) is 33.4 Å². The number of fused-ring (bicyclic) bond motifs is 2. The molecule has 0 unspecified atom stereocenters. The summed E-state index contributed by atoms with van der Waals surface area (Å²) in [6, 6.07) is 1.86. The summed E-state index contributed by atoms with van der Waals surface area (Å²) in [4.78, 5) is 46.4. The molecule has 0 aromatic carbocycles. The zero-order valence-electron chi connectivity index (χ0n) is 18.1. The molecular formula is C22H31N5O3. The molecule has 0 bridgehead atoms. The van der Waals surface area contributed by atoms with E-state index in [0.29, 0.717) is 30.7 Å². The lowest BCUT2D eigenvalue weighted by atomic mass is 9.95. The van der Waals surface area contributed by atoms with Crippen LogP contribution in [0, 0.1) is 5.92 Å². The summed E-state index contributed by atoms with van der Waals surface area (Å²) in [5, 5.41) is 3.23. The normalized spacial score (nSPS) is 19.4. The highest BCUT2D eigenvalue weighted by molar-refractivity contribution is 5.79. The highest BCUT2D eigenvalue weighted by atomic mass is 16.2. The summed E-state index contributed by atoms with van der Waals surface area (Å²) in [5.74, 6) is 0.218. The lowest BCUT2D eigenvalue weighted by molar-refractivity contribution is -0.139. The highest BCUT2D eigenvalue weighted by Gasteiger charge is 2.33. The zero-order valence-corrected chi connectivity index (χ0v) is 18.1. The van der Waals surface area contributed by atoms with Crippen LogP contribution < -0.4 is 5.56 Å². The molecule has 4 rings (SSSR count). The van der Waals surface area contributed by atoms with Gasteiger partial charge in [0.1, 0.15) is 0 Å². The fourth-order valence-electron chi connectivity index (χ4n) is 4.83. The summed E-state index contributed by atoms with van der Waals surface area (Å²) in [5.41, 5.74) is 2.66. The summed E-state index contributed by atoms with van der Waals surface area (Å²) < 4.78 is 1.48. The molecule has 1 N–H and O–H groups in total. The molecular weight excluding hydrogens is 382 g/mol. The van der Waals surface area contributed by atoms with Gasteiger partial charge in [-0.2, -0.15) is 0 Å². The molecule has 0 spiro atoms. The molecule has 8 nitrogen and oxygen atoms in total. The first-order valence-electron chi connectivity index (χ1n) is 11.1. The number of nitrogens with zero attached hydrogens (tertiary/aromatic N) is 4. The largest absolute Gasteiger partial charge is 0.338 e. The molecule has 2 aromatic rings. The van der Waals surface area contributed by atoms with Gasteiger partial charge in [0.05, 0.1) is 29.5 Å². The van der Waals surface area contributed by atoms with Crippen molar-refractivity contribution in [2.75, 3.05) is 13.1 Å². The summed E-state index contributed by atoms with van der Waals surface area (Å²) in [7, 11) is 0. The number of likely N-dealkylation sites (tertiary alicyclic amines) is 1. The van der Waals surface area contributed by atoms with Crippen LogP contribution in [0.5, 0.6) is 0 Å². The molecule has 2 aromatic heterocycles. The number of carbonyl (C=O) groups excluding carboxylic acids is 2. The van der Waals surface area contributed by atoms with Crippen LogP contribution in [0.3, 0.4) is 0 Å². The molecule has 8 heteroatoms. The Morgan fingerprint density at radius 1 is 1.23 bits per heavy atom. The third kappa shape index (κ3) is 3.52. The molecule has 162 valence electrons. The van der Waals surface area contributed by atoms with Crippen molar-refractivity contribution in [2.24, 2.45) is 5.92 Å². The van der Waals surface area contributed by atoms with Crippen LogP contribution >= 0.6 is 0 Å². The molecule has 4 heterocycles. The number of H-pyrrole nitrogens is 1. The van der Waals surface area contributed by atoms with E-state index in [1.165, 1.54) is 11.4 Å². The second-order valence-electron chi connectivity index (χ2n) is 8.49. The third-order valence-electron chi connectivity index (χ3n) is 6.71. The fraction of sp³-hybridized carbons (Fsp3) is 0.636. The van der Waals surface area contributed by atoms with Crippen molar-refractivity contribution in [2.45, 2.75) is 71.9 Å². The smallest absolute Gasteiger partial charge is 0.277 e. The Hall–Kier alpha value is -2.64. The molecule has 2 aliphatic rings. The van der Waals surface area contributed by atoms with Gasteiger partial charge in [0.2, 0.25) is 11.8 Å². The Morgan fingerprint density at radius 2 is 2.00 bits per heavy atom. The number of aromatic amines is 1. The van der Waals surface area contributed by atoms with Gasteiger partial charge in [0.15, 0.2) is 5.65 Å². The van der Waals surface area contributed by atoms with Crippen LogP contribution in [-0.4, -0.2) is 49.3 Å². The number of hydrogen-bond acceptors (Lipinski definition) is 4. The molecule has 1 saturated heterocycles. The molecule has 2 amide bonds. The Kier molecular flexibility index (Phi) is 5.66. The van der Waals surface area contributed by atoms with Gasteiger partial charge < -0.3 is 9.80 Å². The Bertz CT molecular complexity index is 1020. The average molecular weight is 414 g/mol. The second kappa shape index (κ2) is 8.24. The van der Waals surface area contributed by atoms with Crippen molar-refractivity contribution < 1.29 is 9.59 Å². The van der Waals surface area contributed by atoms with E-state index in [1.807, 2.05) is 11.0 Å². The maximum absolute atomic E-state index is 13.1. The molecule has 30 heavy (non-hydrogen) atoms. The number of rotatable bonds is 4. The van der Waals surface area contributed by atoms with E-state index in [1.54, 1.807) is 4.90 Å². The minimum Gasteiger partial charge on any atom is -0.338 e. The molecule has 1 fully saturated rings. The standard InChI is InChI=1S/C22H31N5O3/c1-4-15(5-2)21(29)26-10-7-6-8-19(26)18-12-20-23-17-9-11-25(14(3)28)13-16(17)22(30)27(20)24-18/h12,15,19,24H,4-11,13H2,1-3H3/t19-/m0/s1. The van der Waals surface area contributed by atoms with Gasteiger partial charge in [-0.25, -0.2) is 9.50 Å². The Morgan fingerprint density at radius 3 is 2.70 bits per heavy atom. The molecule has 1 atom stereocenters. The number of amides is 2. The molecule has 2 aliphatic heterocycles. The average Bonchev–Trinajstić information content (AvgIpc) is 3.18. The maximum Gasteiger partial charge on any atom is 0.277 e. The van der Waals surface area contributed by atoms with E-state index < -0.39 is 0 Å². The van der Waals surface area contributed by atoms with E-state index in [0.717, 1.165) is 50.0 Å². The summed E-state index contributed by atoms with van der Waals surface area (Å²) >= 11 is 0. The zero-order chi connectivity index (χ0) is 21.4. The van der Waals surface area contributed by atoms with Gasteiger partial charge in [0.25, 0.3) is 5.56 Å². The minimum absolute atomic E-state index is 0.0323. The van der Waals surface area contributed by atoms with Gasteiger partial charge in [-0.05, 0) is 32.1 Å². The van der Waals surface area contributed by atoms with Gasteiger partial charge in [-0.15, -0.1) is 0 Å². The van der Waals surface area contributed by atoms with E-state index in [4.69, 9.17) is 4.98 Å². The van der Waals surface area contributed by atoms with E-state index in [2.05, 4.69) is 18.9 Å². The van der Waals surface area contributed by atoms with E-state index >= 15 is 0 Å². The van der Waals surface area contributed by atoms with Crippen LogP contribution in [0.25, 0.3) is 5.65 Å². The first kappa shape index (κ1) is 20.6. The molecule has 0 saturated carbocycles.